The highest BCUT2D eigenvalue weighted by atomic mass is 19.4. The van der Waals surface area contributed by atoms with Crippen LogP contribution in [0.2, 0.25) is 0 Å². The number of rotatable bonds is 7. The second-order valence-corrected chi connectivity index (χ2v) is 7.81. The number of nitrogens with one attached hydrogen (secondary N) is 2. The summed E-state index contributed by atoms with van der Waals surface area (Å²) in [5.74, 6) is -0.629. The standard InChI is InChI=1S/C22H27F4N5O/c1-3-4-19(32)30-21-20(14(2)13-23)16(5-6-28-21)17-11-15(22(24,25)26)12-18(29-17)31-9-7-27-8-10-31/h5-6,11-12,14,27H,3-4,7-10,13H2,1-2H3,(H,28,30,32). The summed E-state index contributed by atoms with van der Waals surface area (Å²) in [6.45, 7) is 5.01. The molecule has 0 spiro atoms. The Morgan fingerprint density at radius 1 is 1.28 bits per heavy atom. The van der Waals surface area contributed by atoms with E-state index in [2.05, 4.69) is 20.6 Å². The van der Waals surface area contributed by atoms with E-state index in [1.165, 1.54) is 12.3 Å². The van der Waals surface area contributed by atoms with Crippen molar-refractivity contribution in [1.29, 1.82) is 0 Å². The molecule has 0 aliphatic carbocycles. The van der Waals surface area contributed by atoms with Gasteiger partial charge in [-0.3, -0.25) is 9.18 Å². The molecule has 10 heteroatoms. The number of anilines is 2. The van der Waals surface area contributed by atoms with Crippen LogP contribution >= 0.6 is 0 Å². The number of alkyl halides is 4. The number of hydrogen-bond acceptors (Lipinski definition) is 5. The lowest BCUT2D eigenvalue weighted by molar-refractivity contribution is -0.137. The smallest absolute Gasteiger partial charge is 0.354 e. The normalized spacial score (nSPS) is 15.5. The summed E-state index contributed by atoms with van der Waals surface area (Å²) in [7, 11) is 0. The third-order valence-corrected chi connectivity index (χ3v) is 5.31. The molecule has 1 aliphatic heterocycles. The Hall–Kier alpha value is -2.75. The molecule has 1 aliphatic rings. The SMILES string of the molecule is CCCC(=O)Nc1nccc(-c2cc(C(F)(F)F)cc(N3CCNCC3)n2)c1C(C)CF. The Morgan fingerprint density at radius 2 is 2.00 bits per heavy atom. The molecular weight excluding hydrogens is 426 g/mol. The van der Waals surface area contributed by atoms with E-state index in [0.717, 1.165) is 12.1 Å². The zero-order valence-corrected chi connectivity index (χ0v) is 18.1. The minimum Gasteiger partial charge on any atom is -0.354 e. The summed E-state index contributed by atoms with van der Waals surface area (Å²) in [6.07, 6.45) is -2.32. The summed E-state index contributed by atoms with van der Waals surface area (Å²) in [6, 6.07) is 3.52. The van der Waals surface area contributed by atoms with Crippen LogP contribution in [0.1, 0.15) is 43.7 Å². The third-order valence-electron chi connectivity index (χ3n) is 5.31. The Labute approximate surface area is 184 Å². The summed E-state index contributed by atoms with van der Waals surface area (Å²) in [4.78, 5) is 22.6. The first kappa shape index (κ1) is 23.9. The number of aromatic nitrogens is 2. The van der Waals surface area contributed by atoms with Crippen molar-refractivity contribution in [2.75, 3.05) is 43.1 Å². The molecular formula is C22H27F4N5O. The Kier molecular flexibility index (Phi) is 7.65. The van der Waals surface area contributed by atoms with Crippen LogP contribution in [-0.2, 0) is 11.0 Å². The maximum absolute atomic E-state index is 13.7. The van der Waals surface area contributed by atoms with Gasteiger partial charge in [0.05, 0.1) is 17.9 Å². The predicted octanol–water partition coefficient (Wildman–Crippen LogP) is 4.38. The topological polar surface area (TPSA) is 70.2 Å². The molecule has 2 N–H and O–H groups in total. The number of hydrogen-bond donors (Lipinski definition) is 2. The van der Waals surface area contributed by atoms with Crippen molar-refractivity contribution in [1.82, 2.24) is 15.3 Å². The zero-order chi connectivity index (χ0) is 23.3. The molecule has 174 valence electrons. The van der Waals surface area contributed by atoms with Gasteiger partial charge in [0.1, 0.15) is 11.6 Å². The molecule has 1 atom stereocenters. The second-order valence-electron chi connectivity index (χ2n) is 7.81. The minimum absolute atomic E-state index is 0.0667. The largest absolute Gasteiger partial charge is 0.416 e. The molecule has 3 rings (SSSR count). The molecule has 2 aromatic rings. The van der Waals surface area contributed by atoms with Crippen molar-refractivity contribution in [3.05, 3.63) is 35.5 Å². The van der Waals surface area contributed by atoms with Gasteiger partial charge in [0.2, 0.25) is 5.91 Å². The number of halogens is 4. The molecule has 1 saturated heterocycles. The van der Waals surface area contributed by atoms with E-state index in [0.29, 0.717) is 43.7 Å². The van der Waals surface area contributed by atoms with Crippen LogP contribution in [0.4, 0.5) is 29.2 Å². The van der Waals surface area contributed by atoms with Gasteiger partial charge in [0.25, 0.3) is 0 Å². The van der Waals surface area contributed by atoms with E-state index < -0.39 is 24.3 Å². The van der Waals surface area contributed by atoms with Crippen molar-refractivity contribution in [3.8, 4) is 11.3 Å². The van der Waals surface area contributed by atoms with Crippen molar-refractivity contribution in [2.24, 2.45) is 0 Å². The van der Waals surface area contributed by atoms with Gasteiger partial charge < -0.3 is 15.5 Å². The van der Waals surface area contributed by atoms with Gasteiger partial charge in [-0.05, 0) is 24.6 Å². The van der Waals surface area contributed by atoms with Gasteiger partial charge in [-0.2, -0.15) is 13.2 Å². The van der Waals surface area contributed by atoms with E-state index in [9.17, 15) is 22.4 Å². The Balaban J connectivity index is 2.15. The molecule has 32 heavy (non-hydrogen) atoms. The van der Waals surface area contributed by atoms with Crippen molar-refractivity contribution >= 4 is 17.5 Å². The lowest BCUT2D eigenvalue weighted by Crippen LogP contribution is -2.44. The maximum atomic E-state index is 13.7. The summed E-state index contributed by atoms with van der Waals surface area (Å²) in [5, 5.41) is 5.84. The average molecular weight is 453 g/mol. The first-order valence-corrected chi connectivity index (χ1v) is 10.6. The van der Waals surface area contributed by atoms with E-state index >= 15 is 0 Å². The number of carbonyl (C=O) groups excluding carboxylic acids is 1. The number of pyridine rings is 2. The lowest BCUT2D eigenvalue weighted by Gasteiger charge is -2.29. The van der Waals surface area contributed by atoms with E-state index in [-0.39, 0.29) is 29.7 Å². The highest BCUT2D eigenvalue weighted by Crippen LogP contribution is 2.38. The molecule has 6 nitrogen and oxygen atoms in total. The molecule has 0 saturated carbocycles. The van der Waals surface area contributed by atoms with E-state index in [4.69, 9.17) is 0 Å². The fraction of sp³-hybridized carbons (Fsp3) is 0.500. The molecule has 2 aromatic heterocycles. The monoisotopic (exact) mass is 453 g/mol. The van der Waals surface area contributed by atoms with Crippen molar-refractivity contribution < 1.29 is 22.4 Å². The van der Waals surface area contributed by atoms with Crippen LogP contribution in [0, 0.1) is 0 Å². The number of nitrogens with zero attached hydrogens (tertiary/aromatic N) is 3. The van der Waals surface area contributed by atoms with Crippen molar-refractivity contribution in [3.63, 3.8) is 0 Å². The second kappa shape index (κ2) is 10.2. The van der Waals surface area contributed by atoms with Gasteiger partial charge in [0.15, 0.2) is 0 Å². The quantitative estimate of drug-likeness (QED) is 0.609. The molecule has 0 aromatic carbocycles. The van der Waals surface area contributed by atoms with Gasteiger partial charge in [-0.25, -0.2) is 9.97 Å². The molecule has 1 fully saturated rings. The number of amides is 1. The predicted molar refractivity (Wildman–Crippen MR) is 115 cm³/mol. The van der Waals surface area contributed by atoms with Crippen LogP contribution in [-0.4, -0.2) is 48.7 Å². The summed E-state index contributed by atoms with van der Waals surface area (Å²) >= 11 is 0. The van der Waals surface area contributed by atoms with E-state index in [1.54, 1.807) is 11.8 Å². The Morgan fingerprint density at radius 3 is 2.62 bits per heavy atom. The molecule has 1 amide bonds. The summed E-state index contributed by atoms with van der Waals surface area (Å²) in [5.41, 5.74) is -0.114. The first-order valence-electron chi connectivity index (χ1n) is 10.6. The molecule has 0 radical (unpaired) electrons. The van der Waals surface area contributed by atoms with Crippen LogP contribution in [0.3, 0.4) is 0 Å². The third kappa shape index (κ3) is 5.53. The van der Waals surface area contributed by atoms with Gasteiger partial charge in [-0.15, -0.1) is 0 Å². The van der Waals surface area contributed by atoms with Gasteiger partial charge >= 0.3 is 6.18 Å². The number of carbonyl (C=O) groups is 1. The van der Waals surface area contributed by atoms with Crippen LogP contribution in [0.5, 0.6) is 0 Å². The lowest BCUT2D eigenvalue weighted by atomic mass is 9.94. The highest BCUT2D eigenvalue weighted by molar-refractivity contribution is 5.91. The van der Waals surface area contributed by atoms with Gasteiger partial charge in [-0.1, -0.05) is 13.8 Å². The first-order chi connectivity index (χ1) is 15.2. The van der Waals surface area contributed by atoms with Gasteiger partial charge in [0, 0.05) is 55.8 Å². The molecule has 1 unspecified atom stereocenters. The summed E-state index contributed by atoms with van der Waals surface area (Å²) < 4.78 is 54.8. The fourth-order valence-corrected chi connectivity index (χ4v) is 3.67. The van der Waals surface area contributed by atoms with Crippen LogP contribution < -0.4 is 15.5 Å². The number of piperazine rings is 1. The van der Waals surface area contributed by atoms with Crippen LogP contribution in [0.25, 0.3) is 11.3 Å². The van der Waals surface area contributed by atoms with E-state index in [1.807, 2.05) is 6.92 Å². The molecule has 3 heterocycles. The average Bonchev–Trinajstić information content (AvgIpc) is 2.78. The fourth-order valence-electron chi connectivity index (χ4n) is 3.67. The Bertz CT molecular complexity index is 944. The zero-order valence-electron chi connectivity index (χ0n) is 18.1. The van der Waals surface area contributed by atoms with Crippen molar-refractivity contribution in [2.45, 2.75) is 38.8 Å². The van der Waals surface area contributed by atoms with Crippen LogP contribution in [0.15, 0.2) is 24.4 Å². The minimum atomic E-state index is -4.57. The maximum Gasteiger partial charge on any atom is 0.416 e. The molecule has 0 bridgehead atoms. The highest BCUT2D eigenvalue weighted by Gasteiger charge is 2.33.